The van der Waals surface area contributed by atoms with Crippen molar-refractivity contribution < 1.29 is 0 Å². The summed E-state index contributed by atoms with van der Waals surface area (Å²) in [5.74, 6) is 0. The molecule has 0 radical (unpaired) electrons. The number of rotatable bonds is 1. The Kier molecular flexibility index (Phi) is 2.86. The summed E-state index contributed by atoms with van der Waals surface area (Å²) >= 11 is 0. The fourth-order valence-corrected chi connectivity index (χ4v) is 1.80. The molecule has 0 saturated heterocycles. The minimum atomic E-state index is 1.06. The van der Waals surface area contributed by atoms with Gasteiger partial charge in [-0.3, -0.25) is 0 Å². The molecule has 0 bridgehead atoms. The average Bonchev–Trinajstić information content (AvgIpc) is 2.30. The summed E-state index contributed by atoms with van der Waals surface area (Å²) in [5, 5.41) is 0. The number of hydrogen-bond acceptors (Lipinski definition) is 0. The molecule has 76 valence electrons. The summed E-state index contributed by atoms with van der Waals surface area (Å²) in [6.45, 7) is 4.35. The lowest BCUT2D eigenvalue weighted by Crippen LogP contribution is -1.92. The highest BCUT2D eigenvalue weighted by atomic mass is 14.1. The molecule has 15 heavy (non-hydrogen) atoms. The summed E-state index contributed by atoms with van der Waals surface area (Å²) in [6.07, 6.45) is 7.63. The Bertz CT molecular complexity index is 426. The molecule has 0 heterocycles. The molecule has 0 aromatic heterocycles. The summed E-state index contributed by atoms with van der Waals surface area (Å²) < 4.78 is 0. The topological polar surface area (TPSA) is 0 Å². The van der Waals surface area contributed by atoms with Gasteiger partial charge in [0.25, 0.3) is 0 Å². The highest BCUT2D eigenvalue weighted by molar-refractivity contribution is 5.71. The van der Waals surface area contributed by atoms with Crippen LogP contribution in [0.3, 0.4) is 0 Å². The SMILES string of the molecule is CC(C)=C1C=CC=C(c2ccccc2)C1. The molecule has 0 N–H and O–H groups in total. The van der Waals surface area contributed by atoms with Crippen molar-refractivity contribution in [2.24, 2.45) is 0 Å². The molecular weight excluding hydrogens is 180 g/mol. The monoisotopic (exact) mass is 196 g/mol. The fraction of sp³-hybridized carbons (Fsp3) is 0.200. The Morgan fingerprint density at radius 2 is 1.80 bits per heavy atom. The fourth-order valence-electron chi connectivity index (χ4n) is 1.80. The third kappa shape index (κ3) is 2.27. The zero-order valence-corrected chi connectivity index (χ0v) is 9.33. The van der Waals surface area contributed by atoms with Crippen molar-refractivity contribution in [2.45, 2.75) is 20.3 Å². The molecule has 1 aromatic rings. The zero-order valence-electron chi connectivity index (χ0n) is 9.33. The molecule has 1 aliphatic carbocycles. The van der Waals surface area contributed by atoms with Gasteiger partial charge in [0.15, 0.2) is 0 Å². The summed E-state index contributed by atoms with van der Waals surface area (Å²) in [7, 11) is 0. The molecule has 1 aliphatic rings. The van der Waals surface area contributed by atoms with Gasteiger partial charge in [0.1, 0.15) is 0 Å². The van der Waals surface area contributed by atoms with Gasteiger partial charge in [-0.25, -0.2) is 0 Å². The van der Waals surface area contributed by atoms with E-state index in [-0.39, 0.29) is 0 Å². The largest absolute Gasteiger partial charge is 0.0729 e. The average molecular weight is 196 g/mol. The van der Waals surface area contributed by atoms with E-state index in [9.17, 15) is 0 Å². The van der Waals surface area contributed by atoms with Gasteiger partial charge in [0.05, 0.1) is 0 Å². The second kappa shape index (κ2) is 4.31. The van der Waals surface area contributed by atoms with Crippen LogP contribution in [0, 0.1) is 0 Å². The van der Waals surface area contributed by atoms with Crippen molar-refractivity contribution in [3.63, 3.8) is 0 Å². The normalized spacial score (nSPS) is 15.1. The summed E-state index contributed by atoms with van der Waals surface area (Å²) in [5.41, 5.74) is 5.60. The summed E-state index contributed by atoms with van der Waals surface area (Å²) in [4.78, 5) is 0. The Labute approximate surface area is 91.6 Å². The minimum Gasteiger partial charge on any atom is -0.0729 e. The zero-order chi connectivity index (χ0) is 10.7. The van der Waals surface area contributed by atoms with Crippen LogP contribution in [0.15, 0.2) is 59.7 Å². The first kappa shape index (κ1) is 9.97. The van der Waals surface area contributed by atoms with Gasteiger partial charge >= 0.3 is 0 Å². The Hall–Kier alpha value is -1.56. The van der Waals surface area contributed by atoms with Crippen LogP contribution in [0.2, 0.25) is 0 Å². The predicted octanol–water partition coefficient (Wildman–Crippen LogP) is 4.37. The third-order valence-electron chi connectivity index (χ3n) is 2.76. The van der Waals surface area contributed by atoms with Gasteiger partial charge in [-0.1, -0.05) is 54.1 Å². The van der Waals surface area contributed by atoms with Gasteiger partial charge in [0.2, 0.25) is 0 Å². The van der Waals surface area contributed by atoms with Crippen LogP contribution in [-0.4, -0.2) is 0 Å². The van der Waals surface area contributed by atoms with E-state index in [1.807, 2.05) is 0 Å². The van der Waals surface area contributed by atoms with E-state index in [4.69, 9.17) is 0 Å². The maximum Gasteiger partial charge on any atom is -0.00205 e. The number of hydrogen-bond donors (Lipinski definition) is 0. The highest BCUT2D eigenvalue weighted by Gasteiger charge is 2.06. The van der Waals surface area contributed by atoms with Crippen molar-refractivity contribution in [3.8, 4) is 0 Å². The Morgan fingerprint density at radius 3 is 2.47 bits per heavy atom. The Morgan fingerprint density at radius 1 is 1.07 bits per heavy atom. The minimum absolute atomic E-state index is 1.06. The molecule has 0 unspecified atom stereocenters. The van der Waals surface area contributed by atoms with E-state index in [0.29, 0.717) is 0 Å². The highest BCUT2D eigenvalue weighted by Crippen LogP contribution is 2.28. The molecule has 0 aliphatic heterocycles. The van der Waals surface area contributed by atoms with Gasteiger partial charge in [-0.05, 0) is 37.0 Å². The van der Waals surface area contributed by atoms with Crippen LogP contribution in [0.4, 0.5) is 0 Å². The maximum atomic E-state index is 2.21. The van der Waals surface area contributed by atoms with Crippen molar-refractivity contribution in [2.75, 3.05) is 0 Å². The Balaban J connectivity index is 2.31. The van der Waals surface area contributed by atoms with Crippen LogP contribution in [0.25, 0.3) is 5.57 Å². The maximum absolute atomic E-state index is 2.21. The summed E-state index contributed by atoms with van der Waals surface area (Å²) in [6, 6.07) is 10.6. The molecule has 0 amide bonds. The molecule has 0 atom stereocenters. The van der Waals surface area contributed by atoms with Crippen molar-refractivity contribution in [3.05, 3.63) is 65.3 Å². The smallest absolute Gasteiger partial charge is 0.00205 e. The second-order valence-corrected chi connectivity index (χ2v) is 4.12. The first-order valence-electron chi connectivity index (χ1n) is 5.36. The lowest BCUT2D eigenvalue weighted by molar-refractivity contribution is 1.19. The molecule has 0 spiro atoms. The van der Waals surface area contributed by atoms with Crippen LogP contribution in [0.1, 0.15) is 25.8 Å². The number of benzene rings is 1. The van der Waals surface area contributed by atoms with Crippen LogP contribution in [-0.2, 0) is 0 Å². The molecule has 0 fully saturated rings. The lowest BCUT2D eigenvalue weighted by Gasteiger charge is -2.13. The lowest BCUT2D eigenvalue weighted by atomic mass is 9.92. The van der Waals surface area contributed by atoms with E-state index in [2.05, 4.69) is 62.4 Å². The quantitative estimate of drug-likeness (QED) is 0.625. The van der Waals surface area contributed by atoms with Gasteiger partial charge in [0, 0.05) is 0 Å². The molecule has 0 heteroatoms. The van der Waals surface area contributed by atoms with Crippen molar-refractivity contribution in [1.82, 2.24) is 0 Å². The van der Waals surface area contributed by atoms with E-state index in [1.54, 1.807) is 0 Å². The predicted molar refractivity (Wildman–Crippen MR) is 66.6 cm³/mol. The third-order valence-corrected chi connectivity index (χ3v) is 2.76. The first-order chi connectivity index (χ1) is 7.27. The molecule has 1 aromatic carbocycles. The first-order valence-corrected chi connectivity index (χ1v) is 5.36. The second-order valence-electron chi connectivity index (χ2n) is 4.12. The van der Waals surface area contributed by atoms with Gasteiger partial charge < -0.3 is 0 Å². The molecular formula is C15H16. The van der Waals surface area contributed by atoms with E-state index >= 15 is 0 Å². The van der Waals surface area contributed by atoms with Gasteiger partial charge in [-0.2, -0.15) is 0 Å². The standard InChI is InChI=1S/C15H16/c1-12(2)14-9-6-10-15(11-14)13-7-4-3-5-8-13/h3-10H,11H2,1-2H3. The van der Waals surface area contributed by atoms with E-state index in [1.165, 1.54) is 22.3 Å². The molecule has 0 nitrogen and oxygen atoms in total. The van der Waals surface area contributed by atoms with Crippen LogP contribution in [0.5, 0.6) is 0 Å². The van der Waals surface area contributed by atoms with Crippen LogP contribution >= 0.6 is 0 Å². The van der Waals surface area contributed by atoms with Gasteiger partial charge in [-0.15, -0.1) is 0 Å². The molecule has 0 saturated carbocycles. The molecule has 2 rings (SSSR count). The van der Waals surface area contributed by atoms with E-state index in [0.717, 1.165) is 6.42 Å². The van der Waals surface area contributed by atoms with Crippen molar-refractivity contribution >= 4 is 5.57 Å². The number of allylic oxidation sites excluding steroid dienone is 6. The van der Waals surface area contributed by atoms with Crippen LogP contribution < -0.4 is 0 Å². The van der Waals surface area contributed by atoms with Crippen molar-refractivity contribution in [1.29, 1.82) is 0 Å². The van der Waals surface area contributed by atoms with E-state index < -0.39 is 0 Å².